The lowest BCUT2D eigenvalue weighted by molar-refractivity contribution is 0.143. The lowest BCUT2D eigenvalue weighted by Crippen LogP contribution is -2.18. The third-order valence-electron chi connectivity index (χ3n) is 4.29. The van der Waals surface area contributed by atoms with Gasteiger partial charge in [0.15, 0.2) is 5.82 Å². The number of hydrogen-bond donors (Lipinski definition) is 1. The molecule has 3 heterocycles. The molecule has 128 valence electrons. The molecule has 0 aliphatic heterocycles. The highest BCUT2D eigenvalue weighted by Crippen LogP contribution is 2.18. The molecule has 0 aliphatic carbocycles. The number of hydrogen-bond acceptors (Lipinski definition) is 4. The van der Waals surface area contributed by atoms with Crippen molar-refractivity contribution in [3.8, 4) is 0 Å². The number of fused-ring (bicyclic) bond motifs is 1. The van der Waals surface area contributed by atoms with Gasteiger partial charge in [-0.25, -0.2) is 14.6 Å². The van der Waals surface area contributed by atoms with E-state index < -0.39 is 6.10 Å². The highest BCUT2D eigenvalue weighted by atomic mass is 16.3. The van der Waals surface area contributed by atoms with Crippen LogP contribution in [-0.2, 0) is 13.0 Å². The van der Waals surface area contributed by atoms with Crippen LogP contribution in [0.3, 0.4) is 0 Å². The third kappa shape index (κ3) is 3.19. The van der Waals surface area contributed by atoms with E-state index in [1.165, 1.54) is 0 Å². The Bertz CT molecular complexity index is 833. The number of aryl methyl sites for hydroxylation is 1. The molecule has 0 radical (unpaired) electrons. The minimum Gasteiger partial charge on any atom is -0.391 e. The zero-order chi connectivity index (χ0) is 17.3. The molecule has 24 heavy (non-hydrogen) atoms. The number of aromatic nitrogens is 5. The van der Waals surface area contributed by atoms with Crippen LogP contribution in [0.5, 0.6) is 0 Å². The van der Waals surface area contributed by atoms with E-state index >= 15 is 0 Å². The molecule has 0 unspecified atom stereocenters. The Hall–Kier alpha value is -2.21. The van der Waals surface area contributed by atoms with Crippen molar-refractivity contribution in [3.63, 3.8) is 0 Å². The summed E-state index contributed by atoms with van der Waals surface area (Å²) in [6.07, 6.45) is 2.96. The predicted octanol–water partition coefficient (Wildman–Crippen LogP) is 2.72. The van der Waals surface area contributed by atoms with Crippen molar-refractivity contribution in [1.29, 1.82) is 0 Å². The van der Waals surface area contributed by atoms with Gasteiger partial charge in [-0.3, -0.25) is 0 Å². The third-order valence-corrected chi connectivity index (χ3v) is 4.29. The zero-order valence-electron chi connectivity index (χ0n) is 14.8. The summed E-state index contributed by atoms with van der Waals surface area (Å²) in [5.41, 5.74) is 3.05. The number of imidazole rings is 1. The van der Waals surface area contributed by atoms with E-state index in [0.717, 1.165) is 28.7 Å². The molecule has 0 amide bonds. The second-order valence-electron chi connectivity index (χ2n) is 6.53. The average molecular weight is 327 g/mol. The van der Waals surface area contributed by atoms with Gasteiger partial charge in [0.25, 0.3) is 0 Å². The van der Waals surface area contributed by atoms with Crippen LogP contribution >= 0.6 is 0 Å². The van der Waals surface area contributed by atoms with Crippen molar-refractivity contribution in [2.24, 2.45) is 0 Å². The second kappa shape index (κ2) is 6.73. The molecule has 0 saturated heterocycles. The van der Waals surface area contributed by atoms with Gasteiger partial charge in [-0.15, -0.1) is 0 Å². The van der Waals surface area contributed by atoms with E-state index in [4.69, 9.17) is 4.98 Å². The van der Waals surface area contributed by atoms with Crippen molar-refractivity contribution >= 4 is 5.65 Å². The Labute approximate surface area is 142 Å². The van der Waals surface area contributed by atoms with Crippen molar-refractivity contribution in [2.75, 3.05) is 0 Å². The molecule has 1 N–H and O–H groups in total. The predicted molar refractivity (Wildman–Crippen MR) is 93.1 cm³/mol. The first-order valence-electron chi connectivity index (χ1n) is 8.53. The highest BCUT2D eigenvalue weighted by molar-refractivity contribution is 5.43. The molecule has 3 aromatic rings. The van der Waals surface area contributed by atoms with E-state index in [-0.39, 0.29) is 5.92 Å². The number of aliphatic hydroxyl groups is 1. The maximum absolute atomic E-state index is 10.0. The molecule has 0 fully saturated rings. The van der Waals surface area contributed by atoms with Crippen LogP contribution in [0, 0.1) is 6.92 Å². The van der Waals surface area contributed by atoms with Gasteiger partial charge in [-0.05, 0) is 25.5 Å². The summed E-state index contributed by atoms with van der Waals surface area (Å²) in [6, 6.07) is 5.99. The molecule has 0 bridgehead atoms. The summed E-state index contributed by atoms with van der Waals surface area (Å²) in [4.78, 5) is 9.33. The molecule has 0 saturated carbocycles. The summed E-state index contributed by atoms with van der Waals surface area (Å²) in [5, 5.41) is 14.6. The van der Waals surface area contributed by atoms with E-state index in [1.54, 1.807) is 0 Å². The van der Waals surface area contributed by atoms with Crippen molar-refractivity contribution in [1.82, 2.24) is 24.1 Å². The number of rotatable bonds is 6. The molecule has 3 rings (SSSR count). The fourth-order valence-corrected chi connectivity index (χ4v) is 2.77. The van der Waals surface area contributed by atoms with E-state index in [1.807, 2.05) is 42.9 Å². The largest absolute Gasteiger partial charge is 0.391 e. The van der Waals surface area contributed by atoms with Crippen molar-refractivity contribution in [3.05, 3.63) is 47.4 Å². The fraction of sp³-hybridized carbons (Fsp3) is 0.500. The average Bonchev–Trinajstić information content (AvgIpc) is 3.09. The van der Waals surface area contributed by atoms with Crippen molar-refractivity contribution in [2.45, 2.75) is 59.1 Å². The topological polar surface area (TPSA) is 68.2 Å². The molecule has 0 aromatic carbocycles. The Morgan fingerprint density at radius 1 is 1.21 bits per heavy atom. The van der Waals surface area contributed by atoms with E-state index in [0.29, 0.717) is 19.4 Å². The van der Waals surface area contributed by atoms with Crippen LogP contribution < -0.4 is 0 Å². The lowest BCUT2D eigenvalue weighted by atomic mass is 10.2. The molecule has 3 aromatic heterocycles. The Kier molecular flexibility index (Phi) is 4.66. The minimum absolute atomic E-state index is 0.257. The Balaban J connectivity index is 2.00. The van der Waals surface area contributed by atoms with Crippen LogP contribution in [0.4, 0.5) is 0 Å². The summed E-state index contributed by atoms with van der Waals surface area (Å²) in [7, 11) is 0. The highest BCUT2D eigenvalue weighted by Gasteiger charge is 2.18. The van der Waals surface area contributed by atoms with Crippen LogP contribution in [0.25, 0.3) is 5.65 Å². The fourth-order valence-electron chi connectivity index (χ4n) is 2.77. The van der Waals surface area contributed by atoms with Crippen molar-refractivity contribution < 1.29 is 5.11 Å². The van der Waals surface area contributed by atoms with Gasteiger partial charge in [0, 0.05) is 12.1 Å². The van der Waals surface area contributed by atoms with Crippen LogP contribution in [0.15, 0.2) is 24.4 Å². The van der Waals surface area contributed by atoms with Gasteiger partial charge in [-0.2, -0.15) is 5.10 Å². The van der Waals surface area contributed by atoms with Gasteiger partial charge in [0.2, 0.25) is 0 Å². The normalized spacial score (nSPS) is 13.1. The monoisotopic (exact) mass is 327 g/mol. The maximum Gasteiger partial charge on any atom is 0.153 e. The molecule has 0 aliphatic rings. The number of aliphatic hydroxyl groups excluding tert-OH is 1. The van der Waals surface area contributed by atoms with E-state index in [2.05, 4.69) is 28.3 Å². The molecule has 0 spiro atoms. The number of pyridine rings is 1. The van der Waals surface area contributed by atoms with Gasteiger partial charge >= 0.3 is 0 Å². The summed E-state index contributed by atoms with van der Waals surface area (Å²) < 4.78 is 3.95. The summed E-state index contributed by atoms with van der Waals surface area (Å²) in [6.45, 7) is 8.63. The minimum atomic E-state index is -0.409. The second-order valence-corrected chi connectivity index (χ2v) is 6.53. The zero-order valence-corrected chi connectivity index (χ0v) is 14.8. The van der Waals surface area contributed by atoms with Crippen LogP contribution in [0.1, 0.15) is 56.1 Å². The Morgan fingerprint density at radius 3 is 2.71 bits per heavy atom. The lowest BCUT2D eigenvalue weighted by Gasteiger charge is -2.10. The van der Waals surface area contributed by atoms with E-state index in [9.17, 15) is 5.11 Å². The maximum atomic E-state index is 10.0. The van der Waals surface area contributed by atoms with Gasteiger partial charge in [0.1, 0.15) is 11.5 Å². The molecule has 6 heteroatoms. The first-order valence-corrected chi connectivity index (χ1v) is 8.53. The molecular formula is C18H25N5O. The SMILES string of the molecule is CC[C@@H](O)Cn1nc(C(C)C)nc1Cc1c(C)nc2ccccn12. The summed E-state index contributed by atoms with van der Waals surface area (Å²) in [5.74, 6) is 1.95. The first-order chi connectivity index (χ1) is 11.5. The molecular weight excluding hydrogens is 302 g/mol. The van der Waals surface area contributed by atoms with Gasteiger partial charge in [-0.1, -0.05) is 26.8 Å². The summed E-state index contributed by atoms with van der Waals surface area (Å²) >= 11 is 0. The standard InChI is InChI=1S/C18H25N5O/c1-5-14(24)11-23-17(20-18(21-23)12(2)3)10-15-13(4)19-16-8-6-7-9-22(15)16/h6-9,12,14,24H,5,10-11H2,1-4H3/t14-/m1/s1. The smallest absolute Gasteiger partial charge is 0.153 e. The first kappa shape index (κ1) is 16.6. The number of nitrogens with zero attached hydrogens (tertiary/aromatic N) is 5. The Morgan fingerprint density at radius 2 is 2.00 bits per heavy atom. The molecule has 6 nitrogen and oxygen atoms in total. The molecule has 1 atom stereocenters. The van der Waals surface area contributed by atoms with Crippen LogP contribution in [0.2, 0.25) is 0 Å². The van der Waals surface area contributed by atoms with Crippen LogP contribution in [-0.4, -0.2) is 35.4 Å². The quantitative estimate of drug-likeness (QED) is 0.756. The van der Waals surface area contributed by atoms with Gasteiger partial charge < -0.3 is 9.51 Å². The van der Waals surface area contributed by atoms with Gasteiger partial charge in [0.05, 0.1) is 30.5 Å².